The van der Waals surface area contributed by atoms with Gasteiger partial charge in [-0.15, -0.1) is 0 Å². The third-order valence-electron chi connectivity index (χ3n) is 2.50. The van der Waals surface area contributed by atoms with E-state index in [4.69, 9.17) is 11.5 Å². The van der Waals surface area contributed by atoms with Crippen molar-refractivity contribution in [2.24, 2.45) is 0 Å². The summed E-state index contributed by atoms with van der Waals surface area (Å²) in [6.45, 7) is 3.54. The maximum Gasteiger partial charge on any atom is 0.223 e. The predicted octanol–water partition coefficient (Wildman–Crippen LogP) is 1.40. The minimum Gasteiger partial charge on any atom is -0.397 e. The highest BCUT2D eigenvalue weighted by Crippen LogP contribution is 2.28. The van der Waals surface area contributed by atoms with E-state index in [0.717, 1.165) is 17.7 Å². The molecular formula is C11H17N3O. The van der Waals surface area contributed by atoms with Crippen LogP contribution in [0.4, 0.5) is 17.1 Å². The van der Waals surface area contributed by atoms with E-state index < -0.39 is 0 Å². The molecule has 0 saturated carbocycles. The zero-order valence-corrected chi connectivity index (χ0v) is 9.37. The number of carbonyl (C=O) groups excluding carboxylic acids is 1. The van der Waals surface area contributed by atoms with Crippen LogP contribution in [0.25, 0.3) is 0 Å². The van der Waals surface area contributed by atoms with Crippen LogP contribution < -0.4 is 16.4 Å². The number of benzene rings is 1. The van der Waals surface area contributed by atoms with Crippen LogP contribution >= 0.6 is 0 Å². The Labute approximate surface area is 89.9 Å². The summed E-state index contributed by atoms with van der Waals surface area (Å²) in [6.07, 6.45) is 0.817. The van der Waals surface area contributed by atoms with E-state index >= 15 is 0 Å². The summed E-state index contributed by atoms with van der Waals surface area (Å²) in [5.74, 6) is -0.0196. The first-order valence-corrected chi connectivity index (χ1v) is 4.89. The van der Waals surface area contributed by atoms with Crippen LogP contribution in [0.2, 0.25) is 0 Å². The van der Waals surface area contributed by atoms with Gasteiger partial charge in [-0.2, -0.15) is 0 Å². The highest BCUT2D eigenvalue weighted by molar-refractivity contribution is 5.93. The van der Waals surface area contributed by atoms with Gasteiger partial charge in [-0.05, 0) is 24.1 Å². The Bertz CT molecular complexity index is 388. The lowest BCUT2D eigenvalue weighted by Gasteiger charge is -2.20. The molecule has 0 unspecified atom stereocenters. The molecule has 4 heteroatoms. The van der Waals surface area contributed by atoms with Gasteiger partial charge in [-0.25, -0.2) is 0 Å². The lowest BCUT2D eigenvalue weighted by Crippen LogP contribution is -2.24. The fourth-order valence-electron chi connectivity index (χ4n) is 1.43. The van der Waals surface area contributed by atoms with E-state index in [1.165, 1.54) is 6.92 Å². The van der Waals surface area contributed by atoms with Crippen LogP contribution in [-0.2, 0) is 11.2 Å². The second-order valence-electron chi connectivity index (χ2n) is 3.54. The SMILES string of the molecule is CCc1cc(N)c(N)cc1N(C)C(C)=O. The van der Waals surface area contributed by atoms with Gasteiger partial charge in [0.05, 0.1) is 11.4 Å². The van der Waals surface area contributed by atoms with Crippen molar-refractivity contribution in [3.63, 3.8) is 0 Å². The number of carbonyl (C=O) groups is 1. The quantitative estimate of drug-likeness (QED) is 0.720. The number of aryl methyl sites for hydroxylation is 1. The zero-order valence-electron chi connectivity index (χ0n) is 9.37. The van der Waals surface area contributed by atoms with Gasteiger partial charge in [-0.3, -0.25) is 4.79 Å². The standard InChI is InChI=1S/C11H17N3O/c1-4-8-5-9(12)10(13)6-11(8)14(3)7(2)15/h5-6H,4,12-13H2,1-3H3. The van der Waals surface area contributed by atoms with E-state index in [-0.39, 0.29) is 5.91 Å². The molecule has 0 heterocycles. The molecular weight excluding hydrogens is 190 g/mol. The highest BCUT2D eigenvalue weighted by atomic mass is 16.2. The normalized spacial score (nSPS) is 10.1. The molecule has 0 aliphatic carbocycles. The average Bonchev–Trinajstić information content (AvgIpc) is 2.20. The number of rotatable bonds is 2. The first-order valence-electron chi connectivity index (χ1n) is 4.89. The van der Waals surface area contributed by atoms with Crippen molar-refractivity contribution < 1.29 is 4.79 Å². The van der Waals surface area contributed by atoms with Crippen LogP contribution in [0.3, 0.4) is 0 Å². The molecule has 4 nitrogen and oxygen atoms in total. The molecule has 0 bridgehead atoms. The third kappa shape index (κ3) is 2.21. The summed E-state index contributed by atoms with van der Waals surface area (Å²) in [4.78, 5) is 12.8. The van der Waals surface area contributed by atoms with Crippen molar-refractivity contribution >= 4 is 23.0 Å². The Hall–Kier alpha value is -1.71. The van der Waals surface area contributed by atoms with E-state index in [9.17, 15) is 4.79 Å². The lowest BCUT2D eigenvalue weighted by molar-refractivity contribution is -0.116. The molecule has 0 aliphatic rings. The molecule has 15 heavy (non-hydrogen) atoms. The Balaban J connectivity index is 3.27. The summed E-state index contributed by atoms with van der Waals surface area (Å²) in [5.41, 5.74) is 14.4. The molecule has 0 spiro atoms. The Morgan fingerprint density at radius 2 is 1.87 bits per heavy atom. The van der Waals surface area contributed by atoms with Gasteiger partial charge >= 0.3 is 0 Å². The molecule has 0 aliphatic heterocycles. The molecule has 1 amide bonds. The van der Waals surface area contributed by atoms with E-state index in [1.807, 2.05) is 13.0 Å². The summed E-state index contributed by atoms with van der Waals surface area (Å²) in [5, 5.41) is 0. The van der Waals surface area contributed by atoms with E-state index in [1.54, 1.807) is 18.0 Å². The van der Waals surface area contributed by atoms with Gasteiger partial charge in [0.15, 0.2) is 0 Å². The maximum atomic E-state index is 11.3. The predicted molar refractivity (Wildman–Crippen MR) is 63.7 cm³/mol. The highest BCUT2D eigenvalue weighted by Gasteiger charge is 2.11. The van der Waals surface area contributed by atoms with Crippen LogP contribution in [0, 0.1) is 0 Å². The van der Waals surface area contributed by atoms with Gasteiger partial charge in [0, 0.05) is 19.7 Å². The summed E-state index contributed by atoms with van der Waals surface area (Å²) < 4.78 is 0. The Kier molecular flexibility index (Phi) is 3.19. The number of nitrogens with two attached hydrogens (primary N) is 2. The molecule has 0 aromatic heterocycles. The number of nitrogens with zero attached hydrogens (tertiary/aromatic N) is 1. The fraction of sp³-hybridized carbons (Fsp3) is 0.364. The molecule has 1 aromatic carbocycles. The second kappa shape index (κ2) is 4.21. The van der Waals surface area contributed by atoms with Crippen LogP contribution in [0.1, 0.15) is 19.4 Å². The van der Waals surface area contributed by atoms with Crippen LogP contribution in [0.5, 0.6) is 0 Å². The molecule has 0 atom stereocenters. The van der Waals surface area contributed by atoms with Crippen molar-refractivity contribution in [3.8, 4) is 0 Å². The number of amides is 1. The Morgan fingerprint density at radius 3 is 2.33 bits per heavy atom. The Morgan fingerprint density at radius 1 is 1.33 bits per heavy atom. The van der Waals surface area contributed by atoms with E-state index in [2.05, 4.69) is 0 Å². The summed E-state index contributed by atoms with van der Waals surface area (Å²) in [6, 6.07) is 3.57. The van der Waals surface area contributed by atoms with Gasteiger partial charge < -0.3 is 16.4 Å². The van der Waals surface area contributed by atoms with Gasteiger partial charge in [0.25, 0.3) is 0 Å². The maximum absolute atomic E-state index is 11.3. The molecule has 4 N–H and O–H groups in total. The topological polar surface area (TPSA) is 72.3 Å². The second-order valence-corrected chi connectivity index (χ2v) is 3.54. The van der Waals surface area contributed by atoms with Gasteiger partial charge in [0.2, 0.25) is 5.91 Å². The molecule has 1 rings (SSSR count). The molecule has 0 radical (unpaired) electrons. The van der Waals surface area contributed by atoms with Crippen molar-refractivity contribution in [2.45, 2.75) is 20.3 Å². The minimum absolute atomic E-state index is 0.0196. The fourth-order valence-corrected chi connectivity index (χ4v) is 1.43. The number of anilines is 3. The monoisotopic (exact) mass is 207 g/mol. The van der Waals surface area contributed by atoms with Gasteiger partial charge in [0.1, 0.15) is 0 Å². The zero-order chi connectivity index (χ0) is 11.6. The van der Waals surface area contributed by atoms with Crippen molar-refractivity contribution in [1.82, 2.24) is 0 Å². The first kappa shape index (κ1) is 11.4. The molecule has 0 saturated heterocycles. The number of hydrogen-bond donors (Lipinski definition) is 2. The molecule has 1 aromatic rings. The third-order valence-corrected chi connectivity index (χ3v) is 2.50. The van der Waals surface area contributed by atoms with Crippen molar-refractivity contribution in [2.75, 3.05) is 23.4 Å². The lowest BCUT2D eigenvalue weighted by atomic mass is 10.1. The smallest absolute Gasteiger partial charge is 0.223 e. The first-order chi connectivity index (χ1) is 6.97. The number of nitrogen functional groups attached to an aromatic ring is 2. The summed E-state index contributed by atoms with van der Waals surface area (Å²) >= 11 is 0. The van der Waals surface area contributed by atoms with Gasteiger partial charge in [-0.1, -0.05) is 6.92 Å². The van der Waals surface area contributed by atoms with Crippen LogP contribution in [0.15, 0.2) is 12.1 Å². The molecule has 82 valence electrons. The largest absolute Gasteiger partial charge is 0.397 e. The molecule has 0 fully saturated rings. The van der Waals surface area contributed by atoms with Crippen molar-refractivity contribution in [1.29, 1.82) is 0 Å². The number of hydrogen-bond acceptors (Lipinski definition) is 3. The average molecular weight is 207 g/mol. The van der Waals surface area contributed by atoms with E-state index in [0.29, 0.717) is 11.4 Å². The van der Waals surface area contributed by atoms with Crippen LogP contribution in [-0.4, -0.2) is 13.0 Å². The minimum atomic E-state index is -0.0196. The van der Waals surface area contributed by atoms with Crippen molar-refractivity contribution in [3.05, 3.63) is 17.7 Å². The summed E-state index contributed by atoms with van der Waals surface area (Å²) in [7, 11) is 1.73.